The fourth-order valence-electron chi connectivity index (χ4n) is 3.96. The summed E-state index contributed by atoms with van der Waals surface area (Å²) in [7, 11) is -3.86. The minimum atomic E-state index is -3.86. The van der Waals surface area contributed by atoms with Crippen LogP contribution in [0.5, 0.6) is 11.6 Å². The van der Waals surface area contributed by atoms with E-state index in [2.05, 4.69) is 10.3 Å². The van der Waals surface area contributed by atoms with E-state index in [1.807, 2.05) is 0 Å². The molecule has 3 heterocycles. The van der Waals surface area contributed by atoms with Crippen molar-refractivity contribution in [2.75, 3.05) is 13.2 Å². The van der Waals surface area contributed by atoms with Gasteiger partial charge < -0.3 is 14.8 Å². The van der Waals surface area contributed by atoms with Gasteiger partial charge in [0.15, 0.2) is 15.7 Å². The molecule has 2 aliphatic rings. The number of pyridine rings is 1. The Morgan fingerprint density at radius 2 is 2.03 bits per heavy atom. The van der Waals surface area contributed by atoms with Crippen LogP contribution in [-0.2, 0) is 20.1 Å². The molecule has 4 rings (SSSR count). The maximum Gasteiger partial charge on any atom is 0.255 e. The van der Waals surface area contributed by atoms with E-state index in [4.69, 9.17) is 14.9 Å². The largest absolute Gasteiger partial charge is 0.436 e. The summed E-state index contributed by atoms with van der Waals surface area (Å²) in [4.78, 5) is 3.81. The lowest BCUT2D eigenvalue weighted by Gasteiger charge is -2.52. The Labute approximate surface area is 172 Å². The van der Waals surface area contributed by atoms with Crippen LogP contribution in [-0.4, -0.2) is 42.4 Å². The number of hydrogen-bond donors (Lipinski definition) is 2. The summed E-state index contributed by atoms with van der Waals surface area (Å²) in [6.07, 6.45) is 1.50. The summed E-state index contributed by atoms with van der Waals surface area (Å²) in [5, 5.41) is 10.2. The van der Waals surface area contributed by atoms with Crippen molar-refractivity contribution in [1.29, 1.82) is 5.41 Å². The van der Waals surface area contributed by atoms with Crippen LogP contribution in [0.4, 0.5) is 8.78 Å². The molecule has 1 aromatic carbocycles. The van der Waals surface area contributed by atoms with Gasteiger partial charge in [-0.2, -0.15) is 0 Å². The number of fused-ring (bicyclic) bond motifs is 1. The number of sulfone groups is 1. The summed E-state index contributed by atoms with van der Waals surface area (Å²) in [6.45, 7) is 2.97. The number of ether oxygens (including phenoxy) is 2. The van der Waals surface area contributed by atoms with Crippen LogP contribution >= 0.6 is 0 Å². The van der Waals surface area contributed by atoms with Crippen molar-refractivity contribution in [1.82, 2.24) is 10.3 Å². The lowest BCUT2D eigenvalue weighted by molar-refractivity contribution is 0.0254. The van der Waals surface area contributed by atoms with Crippen LogP contribution in [0.15, 0.2) is 36.5 Å². The van der Waals surface area contributed by atoms with Gasteiger partial charge in [-0.15, -0.1) is 0 Å². The van der Waals surface area contributed by atoms with Crippen LogP contribution in [0.1, 0.15) is 25.8 Å². The van der Waals surface area contributed by atoms with E-state index >= 15 is 4.39 Å². The normalized spacial score (nSPS) is 27.1. The molecule has 2 N–H and O–H groups in total. The van der Waals surface area contributed by atoms with Gasteiger partial charge in [0.25, 0.3) is 5.88 Å². The molecular weight excluding hydrogens is 416 g/mol. The summed E-state index contributed by atoms with van der Waals surface area (Å²) in [6, 6.07) is 6.30. The smallest absolute Gasteiger partial charge is 0.255 e. The molecule has 0 spiro atoms. The van der Waals surface area contributed by atoms with Gasteiger partial charge in [0, 0.05) is 18.4 Å². The molecule has 1 aromatic heterocycles. The zero-order valence-corrected chi connectivity index (χ0v) is 17.2. The van der Waals surface area contributed by atoms with E-state index in [0.29, 0.717) is 0 Å². The van der Waals surface area contributed by atoms with Crippen LogP contribution in [0, 0.1) is 17.0 Å². The molecule has 0 bridgehead atoms. The van der Waals surface area contributed by atoms with Crippen LogP contribution in [0.3, 0.4) is 0 Å². The molecule has 2 saturated heterocycles. The van der Waals surface area contributed by atoms with Gasteiger partial charge in [0.2, 0.25) is 0 Å². The monoisotopic (exact) mass is 437 g/mol. The fourth-order valence-corrected chi connectivity index (χ4v) is 6.19. The van der Waals surface area contributed by atoms with Crippen molar-refractivity contribution in [2.45, 2.75) is 35.8 Å². The number of amidine groups is 1. The Hall–Kier alpha value is -2.59. The molecule has 2 atom stereocenters. The second-order valence-corrected chi connectivity index (χ2v) is 10.6. The molecule has 0 radical (unpaired) electrons. The van der Waals surface area contributed by atoms with Gasteiger partial charge in [0.05, 0.1) is 11.9 Å². The first-order valence-electron chi connectivity index (χ1n) is 9.36. The fraction of sp³-hybridized carbons (Fsp3) is 0.400. The third-order valence-corrected chi connectivity index (χ3v) is 8.81. The highest BCUT2D eigenvalue weighted by molar-refractivity contribution is 7.94. The molecule has 7 nitrogen and oxygen atoms in total. The molecular formula is C20H21F2N3O4S. The second-order valence-electron chi connectivity index (χ2n) is 7.89. The average molecular weight is 437 g/mol. The van der Waals surface area contributed by atoms with E-state index in [-0.39, 0.29) is 42.7 Å². The van der Waals surface area contributed by atoms with Crippen LogP contribution in [0.25, 0.3) is 0 Å². The summed E-state index contributed by atoms with van der Waals surface area (Å²) >= 11 is 0. The third-order valence-electron chi connectivity index (χ3n) is 5.80. The summed E-state index contributed by atoms with van der Waals surface area (Å²) in [5.74, 6) is -1.83. The highest BCUT2D eigenvalue weighted by atomic mass is 32.2. The first kappa shape index (κ1) is 20.7. The molecule has 0 unspecified atom stereocenters. The van der Waals surface area contributed by atoms with Gasteiger partial charge in [-0.1, -0.05) is 0 Å². The number of benzene rings is 1. The number of nitrogens with one attached hydrogen (secondary N) is 2. The summed E-state index contributed by atoms with van der Waals surface area (Å²) in [5.41, 5.74) is -1.53. The van der Waals surface area contributed by atoms with Crippen molar-refractivity contribution in [3.63, 3.8) is 0 Å². The van der Waals surface area contributed by atoms with E-state index in [1.165, 1.54) is 44.3 Å². The Morgan fingerprint density at radius 1 is 1.27 bits per heavy atom. The zero-order valence-electron chi connectivity index (χ0n) is 16.4. The van der Waals surface area contributed by atoms with Crippen LogP contribution in [0.2, 0.25) is 0 Å². The minimum absolute atomic E-state index is 0.0233. The highest BCUT2D eigenvalue weighted by Gasteiger charge is 2.61. The molecule has 2 aliphatic heterocycles. The molecule has 0 aliphatic carbocycles. The summed E-state index contributed by atoms with van der Waals surface area (Å²) < 4.78 is 65.2. The minimum Gasteiger partial charge on any atom is -0.436 e. The average Bonchev–Trinajstić information content (AvgIpc) is 2.70. The number of hydrogen-bond acceptors (Lipinski definition) is 6. The van der Waals surface area contributed by atoms with Crippen molar-refractivity contribution < 1.29 is 26.7 Å². The van der Waals surface area contributed by atoms with Crippen LogP contribution < -0.4 is 10.1 Å². The van der Waals surface area contributed by atoms with Crippen molar-refractivity contribution in [3.8, 4) is 11.6 Å². The van der Waals surface area contributed by atoms with E-state index < -0.39 is 37.0 Å². The maximum atomic E-state index is 15.0. The van der Waals surface area contributed by atoms with E-state index in [0.717, 1.165) is 6.07 Å². The third kappa shape index (κ3) is 2.97. The van der Waals surface area contributed by atoms with Gasteiger partial charge in [-0.05, 0) is 50.6 Å². The molecule has 2 fully saturated rings. The molecule has 0 amide bonds. The lowest BCUT2D eigenvalue weighted by atomic mass is 9.82. The molecule has 30 heavy (non-hydrogen) atoms. The first-order chi connectivity index (χ1) is 14.1. The molecule has 10 heteroatoms. The maximum absolute atomic E-state index is 15.0. The Kier molecular flexibility index (Phi) is 4.81. The molecule has 0 saturated carbocycles. The SMILES string of the molecule is CC1(C)C(=N)N[C@@]2(c3cc(Oc4ncccc4F)ccc3F)COCC[C@H]2S1(=O)=O. The zero-order chi connectivity index (χ0) is 21.7. The number of nitrogens with zero attached hydrogens (tertiary/aromatic N) is 1. The molecule has 160 valence electrons. The van der Waals surface area contributed by atoms with Crippen molar-refractivity contribution >= 4 is 15.7 Å². The predicted molar refractivity (Wildman–Crippen MR) is 105 cm³/mol. The van der Waals surface area contributed by atoms with Crippen molar-refractivity contribution in [3.05, 3.63) is 53.7 Å². The first-order valence-corrected chi connectivity index (χ1v) is 10.9. The van der Waals surface area contributed by atoms with Gasteiger partial charge in [0.1, 0.15) is 27.7 Å². The predicted octanol–water partition coefficient (Wildman–Crippen LogP) is 2.91. The number of aromatic nitrogens is 1. The van der Waals surface area contributed by atoms with E-state index in [9.17, 15) is 12.8 Å². The lowest BCUT2D eigenvalue weighted by Crippen LogP contribution is -2.72. The van der Waals surface area contributed by atoms with Gasteiger partial charge >= 0.3 is 0 Å². The van der Waals surface area contributed by atoms with Gasteiger partial charge in [-0.25, -0.2) is 22.2 Å². The molecule has 2 aromatic rings. The Bertz CT molecular complexity index is 1120. The number of rotatable bonds is 3. The van der Waals surface area contributed by atoms with E-state index in [1.54, 1.807) is 0 Å². The second kappa shape index (κ2) is 6.98. The Balaban J connectivity index is 1.83. The highest BCUT2D eigenvalue weighted by Crippen LogP contribution is 2.45. The quantitative estimate of drug-likeness (QED) is 0.766. The van der Waals surface area contributed by atoms with Crippen molar-refractivity contribution in [2.24, 2.45) is 0 Å². The Morgan fingerprint density at radius 3 is 2.77 bits per heavy atom. The number of halogens is 2. The standard InChI is InChI=1S/C20H21F2N3O4S/c1-19(2)18(23)25-20(11-28-9-7-16(20)30(19,26)27)13-10-12(5-6-14(13)21)29-17-15(22)4-3-8-24-17/h3-6,8,10,16H,7,9,11H2,1-2H3,(H2,23,25)/t16-,20-/m1/s1. The topological polar surface area (TPSA) is 101 Å². The van der Waals surface area contributed by atoms with Gasteiger partial charge in [-0.3, -0.25) is 5.41 Å².